The Hall–Kier alpha value is -1.07. The second kappa shape index (κ2) is 5.92. The molecule has 5 heteroatoms. The van der Waals surface area contributed by atoms with E-state index < -0.39 is 0 Å². The lowest BCUT2D eigenvalue weighted by Crippen LogP contribution is -2.42. The third-order valence-corrected chi connectivity index (χ3v) is 4.35. The van der Waals surface area contributed by atoms with Gasteiger partial charge in [-0.15, -0.1) is 0 Å². The van der Waals surface area contributed by atoms with Crippen molar-refractivity contribution in [3.63, 3.8) is 0 Å². The van der Waals surface area contributed by atoms with Crippen LogP contribution in [0.2, 0.25) is 0 Å². The zero-order valence-electron chi connectivity index (χ0n) is 11.7. The van der Waals surface area contributed by atoms with Crippen LogP contribution in [0.1, 0.15) is 25.7 Å². The molecule has 2 aliphatic rings. The number of ether oxygens (including phenoxy) is 1. The maximum absolute atomic E-state index is 5.07. The summed E-state index contributed by atoms with van der Waals surface area (Å²) >= 11 is 0. The highest BCUT2D eigenvalue weighted by Gasteiger charge is 2.31. The van der Waals surface area contributed by atoms with E-state index in [1.807, 2.05) is 10.9 Å². The van der Waals surface area contributed by atoms with Crippen molar-refractivity contribution < 1.29 is 4.74 Å². The fraction of sp³-hybridized carbons (Fsp3) is 0.786. The lowest BCUT2D eigenvalue weighted by molar-refractivity contribution is 0.183. The molecule has 2 atom stereocenters. The molecule has 0 spiro atoms. The van der Waals surface area contributed by atoms with Crippen LogP contribution in [-0.4, -0.2) is 53.6 Å². The molecule has 0 bridgehead atoms. The summed E-state index contributed by atoms with van der Waals surface area (Å²) in [6.45, 7) is 4.09. The van der Waals surface area contributed by atoms with Crippen LogP contribution in [0.25, 0.3) is 0 Å². The van der Waals surface area contributed by atoms with Gasteiger partial charge in [-0.1, -0.05) is 0 Å². The monoisotopic (exact) mass is 264 g/mol. The van der Waals surface area contributed by atoms with Gasteiger partial charge in [0.1, 0.15) is 0 Å². The van der Waals surface area contributed by atoms with Gasteiger partial charge in [-0.2, -0.15) is 5.10 Å². The zero-order chi connectivity index (χ0) is 13.1. The molecule has 3 rings (SSSR count). The second-order valence-corrected chi connectivity index (χ2v) is 5.68. The largest absolute Gasteiger partial charge is 0.383 e. The van der Waals surface area contributed by atoms with Gasteiger partial charge in [0.15, 0.2) is 0 Å². The lowest BCUT2D eigenvalue weighted by Gasteiger charge is -2.35. The van der Waals surface area contributed by atoms with Crippen molar-refractivity contribution >= 4 is 5.69 Å². The molecular formula is C14H24N4O. The average molecular weight is 264 g/mol. The van der Waals surface area contributed by atoms with Crippen LogP contribution in [0.4, 0.5) is 5.69 Å². The molecule has 2 fully saturated rings. The van der Waals surface area contributed by atoms with E-state index in [1.54, 1.807) is 7.11 Å². The van der Waals surface area contributed by atoms with Crippen LogP contribution in [0, 0.1) is 0 Å². The van der Waals surface area contributed by atoms with Crippen molar-refractivity contribution in [1.29, 1.82) is 0 Å². The molecule has 106 valence electrons. The van der Waals surface area contributed by atoms with Crippen LogP contribution >= 0.6 is 0 Å². The number of nitrogens with zero attached hydrogens (tertiary/aromatic N) is 3. The van der Waals surface area contributed by atoms with Crippen LogP contribution in [-0.2, 0) is 11.3 Å². The fourth-order valence-corrected chi connectivity index (χ4v) is 3.34. The Morgan fingerprint density at radius 1 is 1.42 bits per heavy atom. The number of piperidine rings is 1. The first-order valence-corrected chi connectivity index (χ1v) is 7.37. The molecular weight excluding hydrogens is 240 g/mol. The van der Waals surface area contributed by atoms with Crippen LogP contribution in [0.15, 0.2) is 12.4 Å². The van der Waals surface area contributed by atoms with Gasteiger partial charge >= 0.3 is 0 Å². The van der Waals surface area contributed by atoms with E-state index >= 15 is 0 Å². The van der Waals surface area contributed by atoms with Crippen LogP contribution in [0.3, 0.4) is 0 Å². The quantitative estimate of drug-likeness (QED) is 0.876. The Bertz CT molecular complexity index is 406. The Labute approximate surface area is 114 Å². The summed E-state index contributed by atoms with van der Waals surface area (Å²) in [5.74, 6) is 0. The van der Waals surface area contributed by atoms with Crippen molar-refractivity contribution in [3.05, 3.63) is 12.4 Å². The van der Waals surface area contributed by atoms with Crippen LogP contribution < -0.4 is 5.32 Å². The summed E-state index contributed by atoms with van der Waals surface area (Å²) in [4.78, 5) is 2.65. The molecule has 2 aliphatic heterocycles. The summed E-state index contributed by atoms with van der Waals surface area (Å²) < 4.78 is 7.01. The van der Waals surface area contributed by atoms with Gasteiger partial charge in [0.2, 0.25) is 0 Å². The molecule has 1 aromatic rings. The van der Waals surface area contributed by atoms with Crippen LogP contribution in [0.5, 0.6) is 0 Å². The predicted octanol–water partition coefficient (Wildman–Crippen LogP) is 1.57. The number of hydrogen-bond donors (Lipinski definition) is 1. The van der Waals surface area contributed by atoms with E-state index in [1.165, 1.54) is 38.8 Å². The van der Waals surface area contributed by atoms with Gasteiger partial charge in [0, 0.05) is 31.9 Å². The molecule has 0 aromatic carbocycles. The first-order valence-electron chi connectivity index (χ1n) is 7.37. The van der Waals surface area contributed by atoms with Gasteiger partial charge in [0.25, 0.3) is 0 Å². The molecule has 0 radical (unpaired) electrons. The van der Waals surface area contributed by atoms with Crippen molar-refractivity contribution in [2.75, 3.05) is 32.1 Å². The highest BCUT2D eigenvalue weighted by atomic mass is 16.5. The number of hydrogen-bond acceptors (Lipinski definition) is 4. The first-order chi connectivity index (χ1) is 9.35. The smallest absolute Gasteiger partial charge is 0.0728 e. The molecule has 0 amide bonds. The predicted molar refractivity (Wildman–Crippen MR) is 75.3 cm³/mol. The fourth-order valence-electron chi connectivity index (χ4n) is 3.34. The van der Waals surface area contributed by atoms with Gasteiger partial charge in [-0.05, 0) is 32.2 Å². The molecule has 1 N–H and O–H groups in total. The number of anilines is 1. The highest BCUT2D eigenvalue weighted by Crippen LogP contribution is 2.28. The standard InChI is InChI=1S/C14H24N4O/c1-19-8-7-18-11-13(10-15-18)16-12-4-6-17-5-2-3-14(17)9-12/h10-12,14,16H,2-9H2,1H3. The van der Waals surface area contributed by atoms with Crippen molar-refractivity contribution in [2.24, 2.45) is 0 Å². The molecule has 0 saturated carbocycles. The number of aromatic nitrogens is 2. The highest BCUT2D eigenvalue weighted by molar-refractivity contribution is 5.39. The summed E-state index contributed by atoms with van der Waals surface area (Å²) in [6, 6.07) is 1.43. The van der Waals surface area contributed by atoms with E-state index in [2.05, 4.69) is 21.5 Å². The zero-order valence-corrected chi connectivity index (χ0v) is 11.7. The van der Waals surface area contributed by atoms with E-state index in [-0.39, 0.29) is 0 Å². The molecule has 5 nitrogen and oxygen atoms in total. The summed E-state index contributed by atoms with van der Waals surface area (Å²) in [6.07, 6.45) is 9.30. The lowest BCUT2D eigenvalue weighted by atomic mass is 9.97. The minimum absolute atomic E-state index is 0.611. The topological polar surface area (TPSA) is 42.3 Å². The average Bonchev–Trinajstić information content (AvgIpc) is 3.05. The van der Waals surface area contributed by atoms with Crippen molar-refractivity contribution in [1.82, 2.24) is 14.7 Å². The molecule has 1 aromatic heterocycles. The Kier molecular flexibility index (Phi) is 4.03. The van der Waals surface area contributed by atoms with Gasteiger partial charge < -0.3 is 15.0 Å². The second-order valence-electron chi connectivity index (χ2n) is 5.68. The van der Waals surface area contributed by atoms with Gasteiger partial charge in [0.05, 0.1) is 25.0 Å². The number of methoxy groups -OCH3 is 1. The summed E-state index contributed by atoms with van der Waals surface area (Å²) in [5.41, 5.74) is 1.15. The van der Waals surface area contributed by atoms with E-state index in [0.29, 0.717) is 12.6 Å². The van der Waals surface area contributed by atoms with Crippen molar-refractivity contribution in [3.8, 4) is 0 Å². The number of rotatable bonds is 5. The molecule has 2 saturated heterocycles. The minimum atomic E-state index is 0.611. The number of nitrogens with one attached hydrogen (secondary N) is 1. The third-order valence-electron chi connectivity index (χ3n) is 4.35. The maximum atomic E-state index is 5.07. The summed E-state index contributed by atoms with van der Waals surface area (Å²) in [7, 11) is 1.72. The van der Waals surface area contributed by atoms with Gasteiger partial charge in [-0.3, -0.25) is 4.68 Å². The molecule has 2 unspecified atom stereocenters. The van der Waals surface area contributed by atoms with E-state index in [9.17, 15) is 0 Å². The van der Waals surface area contributed by atoms with Gasteiger partial charge in [-0.25, -0.2) is 0 Å². The minimum Gasteiger partial charge on any atom is -0.383 e. The maximum Gasteiger partial charge on any atom is 0.0728 e. The Balaban J connectivity index is 1.52. The van der Waals surface area contributed by atoms with Crippen molar-refractivity contribution in [2.45, 2.75) is 44.3 Å². The number of fused-ring (bicyclic) bond motifs is 1. The van der Waals surface area contributed by atoms with E-state index in [0.717, 1.165) is 18.3 Å². The molecule has 3 heterocycles. The SMILES string of the molecule is COCCn1cc(NC2CCN3CCCC3C2)cn1. The Morgan fingerprint density at radius 3 is 3.26 bits per heavy atom. The molecule has 0 aliphatic carbocycles. The van der Waals surface area contributed by atoms with E-state index in [4.69, 9.17) is 4.74 Å². The first kappa shape index (κ1) is 12.9. The normalized spacial score (nSPS) is 27.4. The molecule has 19 heavy (non-hydrogen) atoms. The Morgan fingerprint density at radius 2 is 2.37 bits per heavy atom. The third kappa shape index (κ3) is 3.09. The summed E-state index contributed by atoms with van der Waals surface area (Å²) in [5, 5.41) is 7.99.